The number of nitrogens with zero attached hydrogens (tertiary/aromatic N) is 5. The fourth-order valence-electron chi connectivity index (χ4n) is 3.48. The number of nitrogen functional groups attached to an aromatic ring is 2. The maximum Gasteiger partial charge on any atom is 0.281 e. The second-order valence-electron chi connectivity index (χ2n) is 7.04. The molecule has 10 nitrogen and oxygen atoms in total. The molecule has 0 amide bonds. The number of anilines is 3. The molecule has 1 fully saturated rings. The molecule has 164 valence electrons. The van der Waals surface area contributed by atoms with E-state index in [9.17, 15) is 9.18 Å². The van der Waals surface area contributed by atoms with Gasteiger partial charge in [-0.2, -0.15) is 9.97 Å². The minimum Gasteiger partial charge on any atom is -0.382 e. The molecule has 1 aliphatic heterocycles. The van der Waals surface area contributed by atoms with E-state index in [0.717, 1.165) is 0 Å². The number of hydrogen-bond donors (Lipinski definition) is 4. The van der Waals surface area contributed by atoms with Crippen molar-refractivity contribution in [3.63, 3.8) is 0 Å². The molecular formula is C18H20Cl2FN9O. The van der Waals surface area contributed by atoms with Crippen LogP contribution in [0.3, 0.4) is 0 Å². The van der Waals surface area contributed by atoms with Gasteiger partial charge in [0.2, 0.25) is 5.95 Å². The molecule has 1 aromatic carbocycles. The van der Waals surface area contributed by atoms with Gasteiger partial charge in [0.15, 0.2) is 11.6 Å². The number of benzene rings is 1. The molecule has 1 unspecified atom stereocenters. The molecule has 4 rings (SSSR count). The van der Waals surface area contributed by atoms with Crippen LogP contribution in [0.15, 0.2) is 16.9 Å². The lowest BCUT2D eigenvalue weighted by molar-refractivity contribution is 0.460. The van der Waals surface area contributed by atoms with Crippen LogP contribution in [0.2, 0.25) is 10.0 Å². The first-order chi connectivity index (χ1) is 14.8. The van der Waals surface area contributed by atoms with Gasteiger partial charge >= 0.3 is 0 Å². The van der Waals surface area contributed by atoms with Crippen molar-refractivity contribution in [2.24, 2.45) is 0 Å². The Morgan fingerprint density at radius 1 is 1.19 bits per heavy atom. The lowest BCUT2D eigenvalue weighted by atomic mass is 10.2. The van der Waals surface area contributed by atoms with Gasteiger partial charge in [-0.15, -0.1) is 0 Å². The lowest BCUT2D eigenvalue weighted by Gasteiger charge is -2.33. The number of rotatable bonds is 4. The summed E-state index contributed by atoms with van der Waals surface area (Å²) >= 11 is 12.4. The Hall–Kier alpha value is -2.89. The van der Waals surface area contributed by atoms with Gasteiger partial charge in [-0.1, -0.05) is 23.2 Å². The third-order valence-electron chi connectivity index (χ3n) is 4.94. The molecule has 1 saturated heterocycles. The van der Waals surface area contributed by atoms with Crippen LogP contribution < -0.4 is 32.7 Å². The molecule has 3 heterocycles. The third-order valence-corrected chi connectivity index (χ3v) is 5.63. The van der Waals surface area contributed by atoms with Gasteiger partial charge in [0.25, 0.3) is 5.56 Å². The molecule has 2 aromatic heterocycles. The van der Waals surface area contributed by atoms with Gasteiger partial charge < -0.3 is 27.1 Å². The molecule has 31 heavy (non-hydrogen) atoms. The Morgan fingerprint density at radius 2 is 1.90 bits per heavy atom. The fourth-order valence-corrected chi connectivity index (χ4v) is 3.85. The normalized spacial score (nSPS) is 15.3. The number of piperazine rings is 1. The Balaban J connectivity index is 1.89. The van der Waals surface area contributed by atoms with Crippen LogP contribution in [-0.4, -0.2) is 45.8 Å². The first kappa shape index (κ1) is 21.3. The fraction of sp³-hybridized carbons (Fsp3) is 0.333. The van der Waals surface area contributed by atoms with Crippen LogP contribution in [-0.2, 0) is 0 Å². The van der Waals surface area contributed by atoms with E-state index in [-0.39, 0.29) is 44.4 Å². The summed E-state index contributed by atoms with van der Waals surface area (Å²) in [6.45, 7) is 4.18. The number of halogens is 3. The van der Waals surface area contributed by atoms with E-state index in [1.54, 1.807) is 6.92 Å². The van der Waals surface area contributed by atoms with Crippen LogP contribution in [0.25, 0.3) is 10.9 Å². The summed E-state index contributed by atoms with van der Waals surface area (Å²) in [6.07, 6.45) is 0. The minimum atomic E-state index is -0.647. The average Bonchev–Trinajstić information content (AvgIpc) is 2.74. The standard InChI is InChI=1S/C18H20Cl2FN9O/c1-8(25-15-12(20)14(22)27-18(23)28-15)16-26-13-10(21)3-2-9(19)11(13)17(31)30(16)29-6-4-24-5-7-29/h2-3,8,24H,4-7H2,1H3,(H5,22,23,25,27,28). The zero-order valence-corrected chi connectivity index (χ0v) is 18.0. The quantitative estimate of drug-likeness (QED) is 0.449. The van der Waals surface area contributed by atoms with E-state index >= 15 is 0 Å². The smallest absolute Gasteiger partial charge is 0.281 e. The highest BCUT2D eigenvalue weighted by atomic mass is 35.5. The summed E-state index contributed by atoms with van der Waals surface area (Å²) in [5.74, 6) is -0.279. The number of hydrogen-bond acceptors (Lipinski definition) is 9. The van der Waals surface area contributed by atoms with E-state index in [1.165, 1.54) is 16.8 Å². The molecule has 0 spiro atoms. The summed E-state index contributed by atoms with van der Waals surface area (Å²) in [5, 5.41) is 8.34. The van der Waals surface area contributed by atoms with E-state index in [2.05, 4.69) is 25.6 Å². The van der Waals surface area contributed by atoms with Crippen LogP contribution in [0.4, 0.5) is 22.0 Å². The topological polar surface area (TPSA) is 140 Å². The number of nitrogens with two attached hydrogens (primary N) is 2. The first-order valence-electron chi connectivity index (χ1n) is 9.49. The molecule has 0 saturated carbocycles. The second-order valence-corrected chi connectivity index (χ2v) is 7.82. The van der Waals surface area contributed by atoms with E-state index in [0.29, 0.717) is 26.2 Å². The van der Waals surface area contributed by atoms with Crippen LogP contribution >= 0.6 is 23.2 Å². The van der Waals surface area contributed by atoms with Crippen molar-refractivity contribution in [2.75, 3.05) is 48.0 Å². The van der Waals surface area contributed by atoms with Gasteiger partial charge in [0.1, 0.15) is 22.2 Å². The highest BCUT2D eigenvalue weighted by molar-refractivity contribution is 6.35. The Morgan fingerprint density at radius 3 is 2.61 bits per heavy atom. The van der Waals surface area contributed by atoms with Crippen molar-refractivity contribution in [1.29, 1.82) is 0 Å². The third kappa shape index (κ3) is 3.91. The number of aromatic nitrogens is 4. The second kappa shape index (κ2) is 8.33. The highest BCUT2D eigenvalue weighted by Crippen LogP contribution is 2.29. The van der Waals surface area contributed by atoms with Crippen molar-refractivity contribution in [1.82, 2.24) is 24.9 Å². The molecule has 3 aromatic rings. The van der Waals surface area contributed by atoms with Gasteiger partial charge in [-0.25, -0.2) is 14.1 Å². The largest absolute Gasteiger partial charge is 0.382 e. The van der Waals surface area contributed by atoms with E-state index < -0.39 is 17.4 Å². The summed E-state index contributed by atoms with van der Waals surface area (Å²) in [5.41, 5.74) is 10.9. The van der Waals surface area contributed by atoms with Crippen LogP contribution in [0.5, 0.6) is 0 Å². The van der Waals surface area contributed by atoms with Crippen LogP contribution in [0, 0.1) is 5.82 Å². The first-order valence-corrected chi connectivity index (χ1v) is 10.2. The average molecular weight is 468 g/mol. The summed E-state index contributed by atoms with van der Waals surface area (Å²) in [4.78, 5) is 25.8. The Labute approximate surface area is 186 Å². The van der Waals surface area contributed by atoms with Crippen molar-refractivity contribution < 1.29 is 4.39 Å². The number of nitrogens with one attached hydrogen (secondary N) is 2. The van der Waals surface area contributed by atoms with E-state index in [1.807, 2.05) is 5.01 Å². The van der Waals surface area contributed by atoms with Gasteiger partial charge in [-0.3, -0.25) is 4.79 Å². The SMILES string of the molecule is CC(Nc1nc(N)nc(N)c1Cl)c1nc2c(F)ccc(Cl)c2c(=O)n1N1CCNCC1. The van der Waals surface area contributed by atoms with E-state index in [4.69, 9.17) is 34.7 Å². The monoisotopic (exact) mass is 467 g/mol. The van der Waals surface area contributed by atoms with Crippen LogP contribution in [0.1, 0.15) is 18.8 Å². The van der Waals surface area contributed by atoms with Gasteiger partial charge in [0, 0.05) is 26.2 Å². The predicted molar refractivity (Wildman–Crippen MR) is 120 cm³/mol. The summed E-state index contributed by atoms with van der Waals surface area (Å²) in [6, 6.07) is 1.89. The zero-order valence-electron chi connectivity index (χ0n) is 16.5. The molecule has 0 bridgehead atoms. The molecule has 6 N–H and O–H groups in total. The molecule has 1 atom stereocenters. The van der Waals surface area contributed by atoms with Crippen molar-refractivity contribution >= 4 is 51.7 Å². The molecular weight excluding hydrogens is 448 g/mol. The Bertz CT molecular complexity index is 1210. The molecule has 0 radical (unpaired) electrons. The van der Waals surface area contributed by atoms with Gasteiger partial charge in [-0.05, 0) is 19.1 Å². The Kier molecular flexibility index (Phi) is 5.73. The van der Waals surface area contributed by atoms with Crippen molar-refractivity contribution in [3.05, 3.63) is 44.2 Å². The number of fused-ring (bicyclic) bond motifs is 1. The zero-order chi connectivity index (χ0) is 22.3. The van der Waals surface area contributed by atoms with Gasteiger partial charge in [0.05, 0.1) is 16.5 Å². The predicted octanol–water partition coefficient (Wildman–Crippen LogP) is 1.51. The minimum absolute atomic E-state index is 0.00709. The van der Waals surface area contributed by atoms with Crippen molar-refractivity contribution in [2.45, 2.75) is 13.0 Å². The maximum atomic E-state index is 14.6. The summed E-state index contributed by atoms with van der Waals surface area (Å²) < 4.78 is 16.0. The van der Waals surface area contributed by atoms with Crippen molar-refractivity contribution in [3.8, 4) is 0 Å². The molecule has 1 aliphatic rings. The lowest BCUT2D eigenvalue weighted by Crippen LogP contribution is -2.54. The highest BCUT2D eigenvalue weighted by Gasteiger charge is 2.25. The maximum absolute atomic E-state index is 14.6. The summed E-state index contributed by atoms with van der Waals surface area (Å²) in [7, 11) is 0. The molecule has 0 aliphatic carbocycles. The molecule has 13 heteroatoms.